The number of para-hydroxylation sites is 4. The minimum atomic E-state index is -6.75. The molecule has 15 rings (SSSR count). The van der Waals surface area contributed by atoms with Crippen LogP contribution >= 0.6 is 0 Å². The summed E-state index contributed by atoms with van der Waals surface area (Å²) in [5.41, 5.74) is -1.71. The van der Waals surface area contributed by atoms with Gasteiger partial charge in [0, 0.05) is 54.0 Å². The van der Waals surface area contributed by atoms with Gasteiger partial charge < -0.3 is 13.9 Å². The Bertz CT molecular complexity index is 6490. The number of benzene rings is 12. The smallest absolute Gasteiger partial charge is 0.268 e. The van der Waals surface area contributed by atoms with Crippen LogP contribution in [0.1, 0.15) is 57.7 Å². The van der Waals surface area contributed by atoms with Crippen LogP contribution in [-0.2, 0) is 21.1 Å². The number of rotatable bonds is 14. The number of imidazole rings is 1. The molecule has 3 heterocycles. The first-order valence-corrected chi connectivity index (χ1v) is 30.1. The quantitative estimate of drug-likeness (QED) is 0.0471. The molecular weight excluding hydrogens is 1270 g/mol. The molecule has 0 N–H and O–H groups in total. The van der Waals surface area contributed by atoms with Crippen LogP contribution in [0.4, 0.5) is 0 Å². The molecule has 0 aliphatic heterocycles. The summed E-state index contributed by atoms with van der Waals surface area (Å²) in [6.45, 7) is -2.99. The van der Waals surface area contributed by atoms with E-state index in [4.69, 9.17) is 23.9 Å². The van der Waals surface area contributed by atoms with Gasteiger partial charge in [0.1, 0.15) is 5.82 Å². The Hall–Kier alpha value is -10.0. The maximum Gasteiger partial charge on any atom is 0.268 e. The van der Waals surface area contributed by atoms with Gasteiger partial charge in [-0.3, -0.25) is 4.57 Å². The monoisotopic (exact) mass is 1370 g/mol. The Morgan fingerprint density at radius 2 is 0.943 bits per heavy atom. The minimum Gasteiger partial charge on any atom is -0.510 e. The van der Waals surface area contributed by atoms with Gasteiger partial charge in [-0.15, -0.1) is 29.7 Å². The Labute approximate surface area is 577 Å². The summed E-state index contributed by atoms with van der Waals surface area (Å²) in [5, 5.41) is -7.49. The van der Waals surface area contributed by atoms with E-state index >= 15 is 0 Å². The number of nitrogens with zero attached hydrogens (tertiary/aromatic N) is 4. The predicted molar refractivity (Wildman–Crippen MR) is 357 cm³/mol. The molecule has 0 fully saturated rings. The van der Waals surface area contributed by atoms with E-state index in [0.717, 1.165) is 29.0 Å². The van der Waals surface area contributed by atoms with E-state index in [-0.39, 0.29) is 66.2 Å². The second kappa shape index (κ2) is 23.4. The van der Waals surface area contributed by atoms with Crippen LogP contribution in [-0.4, -0.2) is 30.3 Å². The Morgan fingerprint density at radius 3 is 1.47 bits per heavy atom. The van der Waals surface area contributed by atoms with Crippen LogP contribution in [0, 0.1) is 25.3 Å². The second-order valence-electron chi connectivity index (χ2n) is 19.0. The zero-order chi connectivity index (χ0) is 90.4. The van der Waals surface area contributed by atoms with Gasteiger partial charge in [-0.1, -0.05) is 278 Å². The summed E-state index contributed by atoms with van der Waals surface area (Å²) < 4.78 is 371. The molecule has 15 aromatic rings. The van der Waals surface area contributed by atoms with E-state index in [0.29, 0.717) is 16.3 Å². The maximum absolute atomic E-state index is 10.3. The van der Waals surface area contributed by atoms with Gasteiger partial charge in [0.2, 0.25) is 0 Å². The van der Waals surface area contributed by atoms with Crippen molar-refractivity contribution < 1.29 is 82.5 Å². The Morgan fingerprint density at radius 1 is 0.471 bits per heavy atom. The molecule has 12 aromatic carbocycles. The van der Waals surface area contributed by atoms with Gasteiger partial charge >= 0.3 is 0 Å². The van der Waals surface area contributed by atoms with Crippen molar-refractivity contribution in [2.75, 3.05) is 0 Å². The molecule has 418 valence electrons. The first-order chi connectivity index (χ1) is 58.3. The average molecular weight is 1370 g/mol. The molecule has 8 heteroatoms. The summed E-state index contributed by atoms with van der Waals surface area (Å²) in [4.78, 5) is 4.65. The standard InChI is InChI=1S/C79H56N4OSi2.Pt/c1-58-53-78(80-56-71(58)59-29-9-2-10-30-59)83-72-46-24-23-45-69(72)70-52-51-62(55-75(70)83)84-61-32-27-31-60(54-61)81-57-82(74-48-26-25-47-73(74)81)79-76(85(63-33-11-3-12-34-63,64-35-13-4-14-36-64)65-37-15-5-16-38-65)49-28-50-77(79)86(66-39-17-6-18-40-66,67-41-19-7-20-42-67)68-43-21-8-22-44-68;/h2-53,56H,1H3;/q-2;/i1D3,2D,3D,4D,5D,6D,7D,8D,9D,10D,11D,12D,13D,14D,15D,16D,17D,18D,19D,20D,21D,22D,29D,30D,33D,34D,35D,36D,37D,38D,39D,40D,41D,42D,43D,44D;. The third kappa shape index (κ3) is 9.43. The molecule has 0 aliphatic carbocycles. The summed E-state index contributed by atoms with van der Waals surface area (Å²) in [7, 11) is -13.5. The van der Waals surface area contributed by atoms with Crippen molar-refractivity contribution in [2.45, 2.75) is 6.85 Å². The van der Waals surface area contributed by atoms with E-state index in [1.165, 1.54) is 59.2 Å². The van der Waals surface area contributed by atoms with E-state index in [1.54, 1.807) is 34.9 Å². The van der Waals surface area contributed by atoms with Gasteiger partial charge in [-0.05, 0) is 82.7 Å². The number of ether oxygens (including phenoxy) is 1. The van der Waals surface area contributed by atoms with Crippen LogP contribution in [0.2, 0.25) is 0 Å². The number of aryl methyl sites for hydroxylation is 1. The van der Waals surface area contributed by atoms with Crippen molar-refractivity contribution in [1.29, 1.82) is 0 Å². The van der Waals surface area contributed by atoms with E-state index in [9.17, 15) is 32.9 Å². The average Bonchev–Trinajstić information content (AvgIpc) is 1.15. The van der Waals surface area contributed by atoms with E-state index in [2.05, 4.69) is 23.4 Å². The third-order valence-corrected chi connectivity index (χ3v) is 23.0. The minimum absolute atomic E-state index is 0. The van der Waals surface area contributed by atoms with Gasteiger partial charge in [0.15, 0.2) is 16.1 Å². The fourth-order valence-corrected chi connectivity index (χ4v) is 19.2. The summed E-state index contributed by atoms with van der Waals surface area (Å²) in [5.74, 6) is -0.242. The van der Waals surface area contributed by atoms with E-state index in [1.807, 2.05) is 0 Å². The van der Waals surface area contributed by atoms with Crippen LogP contribution < -0.4 is 50.8 Å². The summed E-state index contributed by atoms with van der Waals surface area (Å²) in [6.07, 6.45) is 4.31. The molecule has 87 heavy (non-hydrogen) atoms. The third-order valence-electron chi connectivity index (χ3n) is 14.5. The van der Waals surface area contributed by atoms with Crippen LogP contribution in [0.25, 0.3) is 61.2 Å². The van der Waals surface area contributed by atoms with E-state index < -0.39 is 293 Å². The normalized spacial score (nSPS) is 17.9. The van der Waals surface area contributed by atoms with Gasteiger partial charge in [0.05, 0.1) is 64.7 Å². The molecule has 0 atom stereocenters. The molecule has 0 unspecified atom stereocenters. The molecule has 0 saturated heterocycles. The van der Waals surface area contributed by atoms with Crippen molar-refractivity contribution in [3.05, 3.63) is 345 Å². The van der Waals surface area contributed by atoms with Gasteiger partial charge in [-0.2, -0.15) is 18.2 Å². The van der Waals surface area contributed by atoms with Gasteiger partial charge in [-0.25, -0.2) is 4.98 Å². The van der Waals surface area contributed by atoms with Crippen LogP contribution in [0.15, 0.2) is 321 Å². The Kier molecular flexibility index (Phi) is 7.31. The Balaban J connectivity index is 0.0000127. The first kappa shape index (κ1) is 27.1. The van der Waals surface area contributed by atoms with Crippen LogP contribution in [0.3, 0.4) is 0 Å². The number of aromatic nitrogens is 4. The molecule has 3 aromatic heterocycles. The SMILES string of the molecule is [2H]c1c([2H])c([2H])c(-c2cnc(-n3c4[c-]c(Oc5[c-]c(-n6[c-][n+](-c7c([Si](c8c([2H])c([2H])c([2H])c([2H])c8[2H])(c8c([2H])c([2H])c([2H])c([2H])c8[2H])c8c([2H])c([2H])c([2H])c([2H])c8[2H])cccc7[Si](c7c([2H])c([2H])c([2H])c([2H])c7[2H])(c7c([2H])c([2H])c([2H])c([2H])c7[2H])c7c([2H])c([2H])c([2H])c([2H])c7[2H])c7ccccc76)ccc5)ccc4c4ccccc43)cc2C([2H])([2H])[2H])c([2H])c1[2H].[Pt]. The number of fused-ring (bicyclic) bond motifs is 4. The van der Waals surface area contributed by atoms with Crippen molar-refractivity contribution in [2.24, 2.45) is 0 Å². The zero-order valence-electron chi connectivity index (χ0n) is 82.4. The molecule has 0 radical (unpaired) electrons. The zero-order valence-corrected chi connectivity index (χ0v) is 48.7. The molecular formula is C79H56N4OPtSi2-2. The summed E-state index contributed by atoms with van der Waals surface area (Å²) >= 11 is 0. The molecule has 0 saturated carbocycles. The number of pyridine rings is 1. The molecule has 0 aliphatic rings. The fourth-order valence-electron chi connectivity index (χ4n) is 11.0. The molecule has 0 spiro atoms. The predicted octanol–water partition coefficient (Wildman–Crippen LogP) is 12.3. The topological polar surface area (TPSA) is 35.9 Å². The first-order valence-electron chi connectivity index (χ1n) is 45.1. The maximum atomic E-state index is 10.3. The van der Waals surface area contributed by atoms with Crippen molar-refractivity contribution in [3.63, 3.8) is 0 Å². The number of hydrogen-bond acceptors (Lipinski definition) is 2. The van der Waals surface area contributed by atoms with Crippen molar-refractivity contribution >= 4 is 90.5 Å². The largest absolute Gasteiger partial charge is 0.510 e. The fraction of sp³-hybridized carbons (Fsp3) is 0.0127. The van der Waals surface area contributed by atoms with Gasteiger partial charge in [0.25, 0.3) is 6.33 Å². The second-order valence-corrected chi connectivity index (χ2v) is 26.1. The molecule has 5 nitrogen and oxygen atoms in total. The molecule has 0 bridgehead atoms. The summed E-state index contributed by atoms with van der Waals surface area (Å²) in [6, 6.07) is -10.4. The van der Waals surface area contributed by atoms with Crippen molar-refractivity contribution in [3.8, 4) is 39.8 Å². The molecule has 0 amide bonds. The van der Waals surface area contributed by atoms with Crippen molar-refractivity contribution in [1.82, 2.24) is 14.1 Å². The van der Waals surface area contributed by atoms with Crippen LogP contribution in [0.5, 0.6) is 11.5 Å². The number of hydrogen-bond donors (Lipinski definition) is 0.